The fraction of sp³-hybridized carbons (Fsp3) is 0.600. The Bertz CT molecular complexity index is 270. The molecule has 1 atom stereocenters. The van der Waals surface area contributed by atoms with Gasteiger partial charge in [0.25, 0.3) is 0 Å². The van der Waals surface area contributed by atoms with Gasteiger partial charge in [0.1, 0.15) is 11.6 Å². The smallest absolute Gasteiger partial charge is 0.146 e. The van der Waals surface area contributed by atoms with E-state index in [2.05, 4.69) is 4.99 Å². The zero-order valence-corrected chi connectivity index (χ0v) is 9.16. The second-order valence-corrected chi connectivity index (χ2v) is 3.40. The van der Waals surface area contributed by atoms with Crippen LogP contribution in [-0.4, -0.2) is 24.2 Å². The molecule has 0 fully saturated rings. The fourth-order valence-corrected chi connectivity index (χ4v) is 0.888. The Labute approximate surface area is 89.2 Å². The van der Waals surface area contributed by atoms with Gasteiger partial charge in [0.2, 0.25) is 0 Å². The largest absolute Gasteiger partial charge is 0.388 e. The second-order valence-electron chi connectivity index (χ2n) is 3.40. The van der Waals surface area contributed by atoms with E-state index in [1.165, 1.54) is 13.0 Å². The summed E-state index contributed by atoms with van der Waals surface area (Å²) in [6, 6.07) is -0.506. The number of nitrogens with zero attached hydrogens (tertiary/aromatic N) is 1. The Morgan fingerprint density at radius 3 is 2.60 bits per heavy atom. The predicted octanol–water partition coefficient (Wildman–Crippen LogP) is 0.913. The third-order valence-corrected chi connectivity index (χ3v) is 1.85. The minimum atomic E-state index is -0.506. The standard InChI is InChI=1S/C10H18FN3O/c1-7(15)10(13)5-3-4-9(11)6-14-8(2)12/h4,10H,3,5-6,13H2,1-2H3,(H2,12,14)/b9-4-/t10-/m0/s1. The van der Waals surface area contributed by atoms with E-state index in [1.807, 2.05) is 0 Å². The Morgan fingerprint density at radius 1 is 1.53 bits per heavy atom. The highest BCUT2D eigenvalue weighted by Crippen LogP contribution is 2.03. The topological polar surface area (TPSA) is 81.5 Å². The molecular formula is C10H18FN3O. The monoisotopic (exact) mass is 215 g/mol. The van der Waals surface area contributed by atoms with Crippen LogP contribution in [0.25, 0.3) is 0 Å². The first-order chi connectivity index (χ1) is 6.93. The zero-order chi connectivity index (χ0) is 11.8. The normalized spacial score (nSPS) is 15.2. The van der Waals surface area contributed by atoms with Crippen molar-refractivity contribution in [1.82, 2.24) is 0 Å². The Balaban J connectivity index is 3.86. The second kappa shape index (κ2) is 7.11. The molecule has 0 rings (SSSR count). The minimum Gasteiger partial charge on any atom is -0.388 e. The van der Waals surface area contributed by atoms with Gasteiger partial charge in [-0.1, -0.05) is 6.08 Å². The summed E-state index contributed by atoms with van der Waals surface area (Å²) in [5.74, 6) is -0.0887. The first-order valence-electron chi connectivity index (χ1n) is 4.80. The third kappa shape index (κ3) is 7.81. The molecule has 0 saturated carbocycles. The minimum absolute atomic E-state index is 0.0440. The summed E-state index contributed by atoms with van der Waals surface area (Å²) in [5.41, 5.74) is 10.7. The molecule has 0 radical (unpaired) electrons. The van der Waals surface area contributed by atoms with Gasteiger partial charge in [0.15, 0.2) is 0 Å². The van der Waals surface area contributed by atoms with E-state index in [0.29, 0.717) is 18.7 Å². The summed E-state index contributed by atoms with van der Waals surface area (Å²) in [6.07, 6.45) is 2.27. The maximum atomic E-state index is 13.0. The molecule has 15 heavy (non-hydrogen) atoms. The molecule has 0 aromatic heterocycles. The van der Waals surface area contributed by atoms with Crippen LogP contribution in [0, 0.1) is 0 Å². The highest BCUT2D eigenvalue weighted by Gasteiger charge is 2.06. The van der Waals surface area contributed by atoms with Crippen molar-refractivity contribution in [1.29, 1.82) is 0 Å². The summed E-state index contributed by atoms with van der Waals surface area (Å²) in [4.78, 5) is 14.5. The summed E-state index contributed by atoms with van der Waals surface area (Å²) in [6.45, 7) is 2.98. The maximum Gasteiger partial charge on any atom is 0.146 e. The molecule has 0 unspecified atom stereocenters. The number of ketones is 1. The number of rotatable bonds is 6. The molecule has 0 saturated heterocycles. The average molecular weight is 215 g/mol. The average Bonchev–Trinajstić information content (AvgIpc) is 2.14. The number of carbonyl (C=O) groups excluding carboxylic acids is 1. The predicted molar refractivity (Wildman–Crippen MR) is 59.2 cm³/mol. The number of hydrogen-bond donors (Lipinski definition) is 2. The van der Waals surface area contributed by atoms with Crippen LogP contribution >= 0.6 is 0 Å². The van der Waals surface area contributed by atoms with Crippen molar-refractivity contribution < 1.29 is 9.18 Å². The van der Waals surface area contributed by atoms with Crippen LogP contribution in [0.5, 0.6) is 0 Å². The van der Waals surface area contributed by atoms with E-state index in [0.717, 1.165) is 0 Å². The number of amidine groups is 1. The summed E-state index contributed by atoms with van der Waals surface area (Å²) in [7, 11) is 0. The number of aliphatic imine (C=N–C) groups is 1. The van der Waals surface area contributed by atoms with E-state index in [9.17, 15) is 9.18 Å². The fourth-order valence-electron chi connectivity index (χ4n) is 0.888. The van der Waals surface area contributed by atoms with Crippen LogP contribution in [-0.2, 0) is 4.79 Å². The van der Waals surface area contributed by atoms with Gasteiger partial charge in [0, 0.05) is 0 Å². The number of carbonyl (C=O) groups is 1. The van der Waals surface area contributed by atoms with Gasteiger partial charge >= 0.3 is 0 Å². The van der Waals surface area contributed by atoms with E-state index in [-0.39, 0.29) is 18.2 Å². The Kier molecular flexibility index (Phi) is 6.53. The SMILES string of the molecule is CC(=O)[C@@H](N)CC/C=C(\F)CN=C(C)N. The van der Waals surface area contributed by atoms with Gasteiger partial charge in [-0.05, 0) is 26.7 Å². The Morgan fingerprint density at radius 2 is 2.13 bits per heavy atom. The van der Waals surface area contributed by atoms with Gasteiger partial charge in [0.05, 0.1) is 18.4 Å². The van der Waals surface area contributed by atoms with Crippen LogP contribution in [0.15, 0.2) is 16.9 Å². The lowest BCUT2D eigenvalue weighted by atomic mass is 10.1. The molecule has 0 amide bonds. The van der Waals surface area contributed by atoms with Gasteiger partial charge in [-0.15, -0.1) is 0 Å². The molecule has 86 valence electrons. The maximum absolute atomic E-state index is 13.0. The number of halogens is 1. The molecule has 0 bridgehead atoms. The molecule has 0 heterocycles. The molecule has 0 aromatic rings. The number of hydrogen-bond acceptors (Lipinski definition) is 3. The summed E-state index contributed by atoms with van der Waals surface area (Å²) < 4.78 is 13.0. The van der Waals surface area contributed by atoms with Crippen LogP contribution in [0.3, 0.4) is 0 Å². The quantitative estimate of drug-likeness (QED) is 0.510. The molecule has 5 heteroatoms. The molecule has 0 aliphatic carbocycles. The first-order valence-corrected chi connectivity index (χ1v) is 4.80. The first kappa shape index (κ1) is 13.8. The number of Topliss-reactive ketones (excluding diaryl/α,β-unsaturated/α-hetero) is 1. The van der Waals surface area contributed by atoms with Crippen LogP contribution < -0.4 is 11.5 Å². The van der Waals surface area contributed by atoms with Crippen molar-refractivity contribution in [2.75, 3.05) is 6.54 Å². The van der Waals surface area contributed by atoms with Gasteiger partial charge < -0.3 is 11.5 Å². The zero-order valence-electron chi connectivity index (χ0n) is 9.16. The van der Waals surface area contributed by atoms with Crippen molar-refractivity contribution in [2.24, 2.45) is 16.5 Å². The highest BCUT2D eigenvalue weighted by molar-refractivity contribution is 5.81. The molecule has 0 aliphatic rings. The lowest BCUT2D eigenvalue weighted by Crippen LogP contribution is -2.27. The van der Waals surface area contributed by atoms with Crippen LogP contribution in [0.4, 0.5) is 4.39 Å². The number of allylic oxidation sites excluding steroid dienone is 1. The summed E-state index contributed by atoms with van der Waals surface area (Å²) in [5, 5.41) is 0. The summed E-state index contributed by atoms with van der Waals surface area (Å²) >= 11 is 0. The molecule has 4 N–H and O–H groups in total. The van der Waals surface area contributed by atoms with E-state index in [1.54, 1.807) is 6.92 Å². The van der Waals surface area contributed by atoms with E-state index < -0.39 is 6.04 Å². The van der Waals surface area contributed by atoms with Gasteiger partial charge in [-0.3, -0.25) is 9.79 Å². The van der Waals surface area contributed by atoms with E-state index >= 15 is 0 Å². The van der Waals surface area contributed by atoms with Crippen molar-refractivity contribution >= 4 is 11.6 Å². The van der Waals surface area contributed by atoms with Crippen LogP contribution in [0.2, 0.25) is 0 Å². The van der Waals surface area contributed by atoms with Crippen molar-refractivity contribution in [2.45, 2.75) is 32.7 Å². The highest BCUT2D eigenvalue weighted by atomic mass is 19.1. The molecule has 4 nitrogen and oxygen atoms in total. The van der Waals surface area contributed by atoms with E-state index in [4.69, 9.17) is 11.5 Å². The molecular weight excluding hydrogens is 197 g/mol. The Hall–Kier alpha value is -1.23. The third-order valence-electron chi connectivity index (χ3n) is 1.85. The lowest BCUT2D eigenvalue weighted by Gasteiger charge is -2.04. The van der Waals surface area contributed by atoms with Crippen molar-refractivity contribution in [3.63, 3.8) is 0 Å². The molecule has 0 aromatic carbocycles. The lowest BCUT2D eigenvalue weighted by molar-refractivity contribution is -0.118. The van der Waals surface area contributed by atoms with Gasteiger partial charge in [-0.25, -0.2) is 4.39 Å². The molecule has 0 spiro atoms. The van der Waals surface area contributed by atoms with Crippen molar-refractivity contribution in [3.05, 3.63) is 11.9 Å². The van der Waals surface area contributed by atoms with Gasteiger partial charge in [-0.2, -0.15) is 0 Å². The van der Waals surface area contributed by atoms with Crippen molar-refractivity contribution in [3.8, 4) is 0 Å². The molecule has 0 aliphatic heterocycles. The van der Waals surface area contributed by atoms with Crippen LogP contribution in [0.1, 0.15) is 26.7 Å². The number of nitrogens with two attached hydrogens (primary N) is 2.